The number of carbonyl (C=O) groups is 1. The van der Waals surface area contributed by atoms with Gasteiger partial charge >= 0.3 is 0 Å². The van der Waals surface area contributed by atoms with Crippen LogP contribution in [-0.4, -0.2) is 76.7 Å². The van der Waals surface area contributed by atoms with E-state index in [1.54, 1.807) is 0 Å². The quantitative estimate of drug-likeness (QED) is 0.349. The lowest BCUT2D eigenvalue weighted by atomic mass is 10.1. The summed E-state index contributed by atoms with van der Waals surface area (Å²) in [4.78, 5) is 42.0. The number of hydrogen-bond donors (Lipinski definition) is 4. The van der Waals surface area contributed by atoms with Gasteiger partial charge in [-0.15, -0.1) is 0 Å². The number of aliphatic hydroxyl groups excluding tert-OH is 2. The summed E-state index contributed by atoms with van der Waals surface area (Å²) in [6.07, 6.45) is -5.13. The van der Waals surface area contributed by atoms with Crippen LogP contribution >= 0.6 is 7.82 Å². The molecule has 0 aromatic carbocycles. The first-order chi connectivity index (χ1) is 11.2. The molecule has 1 saturated heterocycles. The van der Waals surface area contributed by atoms with Crippen molar-refractivity contribution in [1.82, 2.24) is 10.2 Å². The summed E-state index contributed by atoms with van der Waals surface area (Å²) in [7, 11) is -5.25. The van der Waals surface area contributed by atoms with Crippen LogP contribution in [0, 0.1) is 0 Å². The second kappa shape index (κ2) is 6.04. The van der Waals surface area contributed by atoms with Crippen molar-refractivity contribution in [1.29, 1.82) is 0 Å². The van der Waals surface area contributed by atoms with Crippen molar-refractivity contribution in [3.05, 3.63) is 0 Å². The molecule has 6 unspecified atom stereocenters. The number of ether oxygens (including phenoxy) is 1. The molecule has 0 radical (unpaired) electrons. The zero-order chi connectivity index (χ0) is 17.6. The number of phosphoric ester groups is 1. The normalized spacial score (nSPS) is 38.9. The molecule has 0 bridgehead atoms. The molecule has 3 rings (SSSR count). The predicted molar refractivity (Wildman–Crippen MR) is 71.9 cm³/mol. The Labute approximate surface area is 135 Å². The van der Waals surface area contributed by atoms with Gasteiger partial charge in [-0.25, -0.2) is 4.99 Å². The summed E-state index contributed by atoms with van der Waals surface area (Å²) in [5, 5.41) is 22.3. The third-order valence-corrected chi connectivity index (χ3v) is 4.23. The smallest absolute Gasteiger partial charge is 0.255 e. The molecule has 6 atom stereocenters. The molecule has 0 saturated carbocycles. The van der Waals surface area contributed by atoms with E-state index in [1.165, 1.54) is 11.2 Å². The van der Waals surface area contributed by atoms with Crippen molar-refractivity contribution < 1.29 is 38.6 Å². The van der Waals surface area contributed by atoms with E-state index < -0.39 is 57.1 Å². The van der Waals surface area contributed by atoms with Crippen LogP contribution in [0.25, 0.3) is 0 Å². The number of nitrogens with one attached hydrogen (secondary N) is 1. The summed E-state index contributed by atoms with van der Waals surface area (Å²) >= 11 is 0. The minimum atomic E-state index is -5.25. The highest BCUT2D eigenvalue weighted by Crippen LogP contribution is 2.32. The van der Waals surface area contributed by atoms with Crippen molar-refractivity contribution in [2.24, 2.45) is 15.7 Å². The first-order valence-corrected chi connectivity index (χ1v) is 8.26. The highest BCUT2D eigenvalue weighted by atomic mass is 31.2. The molecular formula is C10H14N5O8P-2. The van der Waals surface area contributed by atoms with Gasteiger partial charge in [0.1, 0.15) is 18.3 Å². The molecule has 134 valence electrons. The van der Waals surface area contributed by atoms with Gasteiger partial charge in [-0.3, -0.25) is 15.1 Å². The van der Waals surface area contributed by atoms with E-state index >= 15 is 0 Å². The van der Waals surface area contributed by atoms with Gasteiger partial charge < -0.3 is 44.5 Å². The lowest BCUT2D eigenvalue weighted by Gasteiger charge is -2.33. The minimum Gasteiger partial charge on any atom is -0.790 e. The Hall–Kier alpha value is -1.60. The highest BCUT2D eigenvalue weighted by molar-refractivity contribution is 7.43. The zero-order valence-corrected chi connectivity index (χ0v) is 12.9. The summed E-state index contributed by atoms with van der Waals surface area (Å²) in [5.74, 6) is -0.624. The fraction of sp³-hybridized carbons (Fsp3) is 0.700. The molecule has 13 nitrogen and oxygen atoms in total. The predicted octanol–water partition coefficient (Wildman–Crippen LogP) is -5.24. The fourth-order valence-electron chi connectivity index (χ4n) is 2.67. The van der Waals surface area contributed by atoms with Gasteiger partial charge in [0, 0.05) is 0 Å². The van der Waals surface area contributed by atoms with Crippen LogP contribution in [0.4, 0.5) is 0 Å². The van der Waals surface area contributed by atoms with Crippen molar-refractivity contribution in [3.8, 4) is 0 Å². The number of carbonyl (C=O) groups excluding carboxylic acids is 1. The van der Waals surface area contributed by atoms with Crippen LogP contribution in [0.15, 0.2) is 9.98 Å². The van der Waals surface area contributed by atoms with Crippen LogP contribution in [0.3, 0.4) is 0 Å². The van der Waals surface area contributed by atoms with E-state index in [4.69, 9.17) is 10.5 Å². The molecule has 1 amide bonds. The molecule has 0 aliphatic carbocycles. The average molecular weight is 363 g/mol. The monoisotopic (exact) mass is 363 g/mol. The fourth-order valence-corrected chi connectivity index (χ4v) is 3.00. The van der Waals surface area contributed by atoms with E-state index in [-0.39, 0.29) is 5.96 Å². The van der Waals surface area contributed by atoms with E-state index in [9.17, 15) is 29.4 Å². The van der Waals surface area contributed by atoms with Crippen molar-refractivity contribution >= 4 is 26.0 Å². The Kier molecular flexibility index (Phi) is 4.34. The number of aliphatic imine (C=N–C) groups is 2. The second-order valence-electron chi connectivity index (χ2n) is 5.36. The first-order valence-electron chi connectivity index (χ1n) is 6.80. The molecule has 0 aromatic heterocycles. The number of fused-ring (bicyclic) bond motifs is 1. The first kappa shape index (κ1) is 17.2. The van der Waals surface area contributed by atoms with Gasteiger partial charge in [-0.1, -0.05) is 0 Å². The molecule has 14 heteroatoms. The standard InChI is InChI=1S/C10H16N5O8P/c11-10-13-7-4(8(18)14-10)12-2-15(7)9-6(17)5(16)3(23-9)1-22-24(19,20)21/h2-7,9,16-17H,1H2,(H2,19,20,21)(H3,11,13,14,18)/p-2. The van der Waals surface area contributed by atoms with E-state index in [1.807, 2.05) is 0 Å². The van der Waals surface area contributed by atoms with Crippen LogP contribution in [0.5, 0.6) is 0 Å². The SMILES string of the molecule is NC1=NC2C(N=CN2C2OC(COP(=O)([O-])[O-])C(O)C2O)C(=O)N1. The van der Waals surface area contributed by atoms with Crippen molar-refractivity contribution in [3.63, 3.8) is 0 Å². The molecule has 3 aliphatic rings. The number of guanidine groups is 1. The Bertz CT molecular complexity index is 637. The maximum absolute atomic E-state index is 11.8. The number of rotatable bonds is 4. The van der Waals surface area contributed by atoms with Gasteiger partial charge in [-0.05, 0) is 0 Å². The molecule has 5 N–H and O–H groups in total. The maximum Gasteiger partial charge on any atom is 0.255 e. The maximum atomic E-state index is 11.8. The van der Waals surface area contributed by atoms with Gasteiger partial charge in [0.25, 0.3) is 5.91 Å². The van der Waals surface area contributed by atoms with Crippen LogP contribution in [0.1, 0.15) is 0 Å². The third-order valence-electron chi connectivity index (χ3n) is 3.77. The van der Waals surface area contributed by atoms with E-state index in [0.717, 1.165) is 0 Å². The van der Waals surface area contributed by atoms with Gasteiger partial charge in [0.05, 0.1) is 20.8 Å². The zero-order valence-electron chi connectivity index (χ0n) is 12.0. The Balaban J connectivity index is 1.73. The third kappa shape index (κ3) is 3.15. The van der Waals surface area contributed by atoms with Gasteiger partial charge in [0.2, 0.25) is 0 Å². The number of phosphoric acid groups is 1. The topological polar surface area (TPSA) is 205 Å². The van der Waals surface area contributed by atoms with Crippen LogP contribution in [0.2, 0.25) is 0 Å². The number of aliphatic hydroxyl groups is 2. The second-order valence-corrected chi connectivity index (χ2v) is 6.52. The molecular weight excluding hydrogens is 349 g/mol. The van der Waals surface area contributed by atoms with Gasteiger partial charge in [0.15, 0.2) is 24.4 Å². The Morgan fingerprint density at radius 2 is 2.17 bits per heavy atom. The van der Waals surface area contributed by atoms with Crippen molar-refractivity contribution in [2.45, 2.75) is 36.7 Å². The average Bonchev–Trinajstić information content (AvgIpc) is 3.00. The van der Waals surface area contributed by atoms with E-state index in [0.29, 0.717) is 0 Å². The number of nitrogens with two attached hydrogens (primary N) is 1. The summed E-state index contributed by atoms with van der Waals surface area (Å²) in [6.45, 7) is -0.760. The molecule has 3 aliphatic heterocycles. The van der Waals surface area contributed by atoms with Crippen molar-refractivity contribution in [2.75, 3.05) is 6.61 Å². The number of nitrogens with zero attached hydrogens (tertiary/aromatic N) is 3. The lowest BCUT2D eigenvalue weighted by Crippen LogP contribution is -2.56. The summed E-state index contributed by atoms with van der Waals surface area (Å²) in [6, 6.07) is -0.899. The molecule has 0 aromatic rings. The molecule has 24 heavy (non-hydrogen) atoms. The summed E-state index contributed by atoms with van der Waals surface area (Å²) in [5.41, 5.74) is 5.49. The highest BCUT2D eigenvalue weighted by Gasteiger charge is 2.51. The number of amides is 1. The largest absolute Gasteiger partial charge is 0.790 e. The summed E-state index contributed by atoms with van der Waals surface area (Å²) < 4.78 is 19.9. The molecule has 3 heterocycles. The van der Waals surface area contributed by atoms with Crippen LogP contribution in [-0.2, 0) is 18.6 Å². The Morgan fingerprint density at radius 1 is 1.46 bits per heavy atom. The number of hydrogen-bond acceptors (Lipinski definition) is 12. The minimum absolute atomic E-state index is 0.136. The molecule has 1 fully saturated rings. The van der Waals surface area contributed by atoms with E-state index in [2.05, 4.69) is 19.8 Å². The van der Waals surface area contributed by atoms with Crippen LogP contribution < -0.4 is 20.8 Å². The van der Waals surface area contributed by atoms with Gasteiger partial charge in [-0.2, -0.15) is 0 Å². The lowest BCUT2D eigenvalue weighted by molar-refractivity contribution is -0.343. The Morgan fingerprint density at radius 3 is 2.83 bits per heavy atom. The molecule has 0 spiro atoms.